The van der Waals surface area contributed by atoms with Gasteiger partial charge in [0.2, 0.25) is 11.8 Å². The molecule has 2 aliphatic rings. The Hall–Kier alpha value is -1.14. The molecule has 3 N–H and O–H groups in total. The molecule has 1 aliphatic heterocycles. The molecular formula is C15H27N3O3. The van der Waals surface area contributed by atoms with Crippen LogP contribution in [0.1, 0.15) is 33.1 Å². The molecule has 4 atom stereocenters. The zero-order valence-electron chi connectivity index (χ0n) is 13.0. The monoisotopic (exact) mass is 297 g/mol. The van der Waals surface area contributed by atoms with Gasteiger partial charge in [-0.2, -0.15) is 0 Å². The van der Waals surface area contributed by atoms with Crippen LogP contribution in [0.2, 0.25) is 0 Å². The minimum Gasteiger partial charge on any atom is -0.367 e. The average molecular weight is 297 g/mol. The second-order valence-corrected chi connectivity index (χ2v) is 6.44. The van der Waals surface area contributed by atoms with E-state index in [0.717, 1.165) is 6.42 Å². The molecule has 0 aromatic carbocycles. The van der Waals surface area contributed by atoms with Crippen molar-refractivity contribution in [2.75, 3.05) is 26.2 Å². The van der Waals surface area contributed by atoms with Crippen LogP contribution < -0.4 is 11.1 Å². The maximum atomic E-state index is 12.2. The van der Waals surface area contributed by atoms with Gasteiger partial charge in [0.25, 0.3) is 0 Å². The van der Waals surface area contributed by atoms with E-state index in [-0.39, 0.29) is 11.9 Å². The fourth-order valence-corrected chi connectivity index (χ4v) is 3.26. The highest BCUT2D eigenvalue weighted by Crippen LogP contribution is 2.29. The molecule has 4 unspecified atom stereocenters. The third-order valence-electron chi connectivity index (χ3n) is 4.89. The maximum absolute atomic E-state index is 12.2. The average Bonchev–Trinajstić information content (AvgIpc) is 2.44. The number of carbonyl (C=O) groups excluding carboxylic acids is 2. The Kier molecular flexibility index (Phi) is 5.58. The van der Waals surface area contributed by atoms with Crippen LogP contribution in [0.4, 0.5) is 0 Å². The van der Waals surface area contributed by atoms with Crippen LogP contribution in [0.25, 0.3) is 0 Å². The quantitative estimate of drug-likeness (QED) is 0.771. The third-order valence-corrected chi connectivity index (χ3v) is 4.89. The molecule has 1 saturated carbocycles. The van der Waals surface area contributed by atoms with E-state index in [9.17, 15) is 9.59 Å². The summed E-state index contributed by atoms with van der Waals surface area (Å²) in [4.78, 5) is 25.3. The number of hydrogen-bond acceptors (Lipinski definition) is 4. The van der Waals surface area contributed by atoms with Gasteiger partial charge in [0.05, 0.1) is 13.2 Å². The van der Waals surface area contributed by atoms with Crippen LogP contribution in [0.15, 0.2) is 0 Å². The zero-order valence-corrected chi connectivity index (χ0v) is 13.0. The minimum atomic E-state index is -0.597. The molecule has 1 aliphatic carbocycles. The highest BCUT2D eigenvalue weighted by molar-refractivity contribution is 5.80. The van der Waals surface area contributed by atoms with Gasteiger partial charge in [0.15, 0.2) is 0 Å². The van der Waals surface area contributed by atoms with Gasteiger partial charge in [-0.25, -0.2) is 0 Å². The van der Waals surface area contributed by atoms with Crippen molar-refractivity contribution in [2.24, 2.45) is 17.6 Å². The molecule has 2 rings (SSSR count). The molecule has 1 heterocycles. The molecule has 6 heteroatoms. The van der Waals surface area contributed by atoms with E-state index >= 15 is 0 Å². The standard InChI is InChI=1S/C15H27N3O3/c1-10-4-3-5-12(11(10)2)17-14(19)9-18-6-7-21-13(8-18)15(16)20/h10-13H,3-9H2,1-2H3,(H2,16,20)(H,17,19). The van der Waals surface area contributed by atoms with Gasteiger partial charge >= 0.3 is 0 Å². The fraction of sp³-hybridized carbons (Fsp3) is 0.867. The van der Waals surface area contributed by atoms with Crippen molar-refractivity contribution in [3.63, 3.8) is 0 Å². The van der Waals surface area contributed by atoms with Gasteiger partial charge in [-0.15, -0.1) is 0 Å². The van der Waals surface area contributed by atoms with Crippen LogP contribution in [0.3, 0.4) is 0 Å². The second kappa shape index (κ2) is 7.22. The number of hydrogen-bond donors (Lipinski definition) is 2. The summed E-state index contributed by atoms with van der Waals surface area (Å²) in [6.07, 6.45) is 2.89. The number of carbonyl (C=O) groups is 2. The lowest BCUT2D eigenvalue weighted by Gasteiger charge is -2.36. The van der Waals surface area contributed by atoms with Crippen LogP contribution >= 0.6 is 0 Å². The summed E-state index contributed by atoms with van der Waals surface area (Å²) in [5.41, 5.74) is 5.25. The molecule has 0 bridgehead atoms. The van der Waals surface area contributed by atoms with E-state index in [1.165, 1.54) is 12.8 Å². The summed E-state index contributed by atoms with van der Waals surface area (Å²) in [5, 5.41) is 3.15. The Labute approximate surface area is 126 Å². The lowest BCUT2D eigenvalue weighted by molar-refractivity contribution is -0.137. The predicted octanol–water partition coefficient (Wildman–Crippen LogP) is 0.113. The predicted molar refractivity (Wildman–Crippen MR) is 79.5 cm³/mol. The van der Waals surface area contributed by atoms with Crippen LogP contribution in [0, 0.1) is 11.8 Å². The van der Waals surface area contributed by atoms with E-state index in [1.807, 2.05) is 4.90 Å². The summed E-state index contributed by atoms with van der Waals surface area (Å²) in [5.74, 6) is 0.748. The van der Waals surface area contributed by atoms with Crippen molar-refractivity contribution in [2.45, 2.75) is 45.3 Å². The van der Waals surface area contributed by atoms with Gasteiger partial charge in [0.1, 0.15) is 6.10 Å². The molecule has 0 radical (unpaired) electrons. The molecule has 6 nitrogen and oxygen atoms in total. The fourth-order valence-electron chi connectivity index (χ4n) is 3.26. The number of nitrogens with one attached hydrogen (secondary N) is 1. The summed E-state index contributed by atoms with van der Waals surface area (Å²) in [6, 6.07) is 0.272. The Morgan fingerprint density at radius 2 is 2.10 bits per heavy atom. The maximum Gasteiger partial charge on any atom is 0.247 e. The van der Waals surface area contributed by atoms with Crippen LogP contribution in [0.5, 0.6) is 0 Å². The van der Waals surface area contributed by atoms with E-state index in [2.05, 4.69) is 19.2 Å². The third kappa shape index (κ3) is 4.41. The molecule has 21 heavy (non-hydrogen) atoms. The molecule has 2 fully saturated rings. The van der Waals surface area contributed by atoms with Gasteiger partial charge in [0, 0.05) is 19.1 Å². The Morgan fingerprint density at radius 1 is 1.33 bits per heavy atom. The summed E-state index contributed by atoms with van der Waals surface area (Å²) >= 11 is 0. The van der Waals surface area contributed by atoms with Crippen molar-refractivity contribution in [1.29, 1.82) is 0 Å². The zero-order chi connectivity index (χ0) is 15.4. The van der Waals surface area contributed by atoms with Crippen molar-refractivity contribution >= 4 is 11.8 Å². The van der Waals surface area contributed by atoms with E-state index in [0.29, 0.717) is 38.1 Å². The summed E-state index contributed by atoms with van der Waals surface area (Å²) < 4.78 is 5.28. The van der Waals surface area contributed by atoms with Crippen LogP contribution in [-0.2, 0) is 14.3 Å². The first kappa shape index (κ1) is 16.2. The molecule has 0 spiro atoms. The van der Waals surface area contributed by atoms with E-state index in [1.54, 1.807) is 0 Å². The van der Waals surface area contributed by atoms with Crippen LogP contribution in [-0.4, -0.2) is 55.1 Å². The van der Waals surface area contributed by atoms with E-state index < -0.39 is 12.0 Å². The van der Waals surface area contributed by atoms with Crippen molar-refractivity contribution in [3.05, 3.63) is 0 Å². The number of rotatable bonds is 4. The highest BCUT2D eigenvalue weighted by Gasteiger charge is 2.30. The van der Waals surface area contributed by atoms with Crippen molar-refractivity contribution < 1.29 is 14.3 Å². The first-order valence-electron chi connectivity index (χ1n) is 7.90. The first-order chi connectivity index (χ1) is 9.97. The lowest BCUT2D eigenvalue weighted by atomic mass is 9.78. The molecule has 0 aromatic rings. The Morgan fingerprint density at radius 3 is 2.81 bits per heavy atom. The van der Waals surface area contributed by atoms with Gasteiger partial charge in [-0.05, 0) is 18.3 Å². The number of morpholine rings is 1. The molecule has 0 aromatic heterocycles. The highest BCUT2D eigenvalue weighted by atomic mass is 16.5. The molecule has 120 valence electrons. The number of amides is 2. The summed E-state index contributed by atoms with van der Waals surface area (Å²) in [7, 11) is 0. The van der Waals surface area contributed by atoms with Crippen molar-refractivity contribution in [3.8, 4) is 0 Å². The topological polar surface area (TPSA) is 84.7 Å². The Balaban J connectivity index is 1.80. The number of nitrogens with two attached hydrogens (primary N) is 1. The second-order valence-electron chi connectivity index (χ2n) is 6.44. The van der Waals surface area contributed by atoms with Gasteiger partial charge in [-0.3, -0.25) is 14.5 Å². The normalized spacial score (nSPS) is 34.4. The summed E-state index contributed by atoms with van der Waals surface area (Å²) in [6.45, 7) is 6.28. The largest absolute Gasteiger partial charge is 0.367 e. The number of primary amides is 1. The SMILES string of the molecule is CC1CCCC(NC(=O)CN2CCOC(C(N)=O)C2)C1C. The Bertz CT molecular complexity index is 388. The minimum absolute atomic E-state index is 0.0334. The van der Waals surface area contributed by atoms with Gasteiger partial charge < -0.3 is 15.8 Å². The van der Waals surface area contributed by atoms with E-state index in [4.69, 9.17) is 10.5 Å². The van der Waals surface area contributed by atoms with Gasteiger partial charge in [-0.1, -0.05) is 26.7 Å². The molecule has 1 saturated heterocycles. The van der Waals surface area contributed by atoms with Crippen molar-refractivity contribution in [1.82, 2.24) is 10.2 Å². The smallest absolute Gasteiger partial charge is 0.247 e. The molecular weight excluding hydrogens is 270 g/mol. The number of nitrogens with zero attached hydrogens (tertiary/aromatic N) is 1. The number of ether oxygens (including phenoxy) is 1. The first-order valence-corrected chi connectivity index (χ1v) is 7.90. The molecule has 2 amide bonds. The lowest BCUT2D eigenvalue weighted by Crippen LogP contribution is -2.52.